The Labute approximate surface area is 114 Å². The van der Waals surface area contributed by atoms with Crippen LogP contribution >= 0.6 is 11.8 Å². The second kappa shape index (κ2) is 9.39. The molecule has 0 aliphatic carbocycles. The lowest BCUT2D eigenvalue weighted by molar-refractivity contribution is 0.201. The van der Waals surface area contributed by atoms with Gasteiger partial charge in [0.05, 0.1) is 6.61 Å². The van der Waals surface area contributed by atoms with Crippen molar-refractivity contribution in [2.45, 2.75) is 30.7 Å². The normalized spacial score (nSPS) is 12.6. The standard InChI is InChI=1S/C14H23NO2S/c1-2-18-14-5-3-12(4-6-14)7-9-15-13(11-17)8-10-16/h3-6,13,15-17H,2,7-11H2,1H3. The molecule has 0 spiro atoms. The maximum atomic E-state index is 9.07. The molecule has 0 bridgehead atoms. The van der Waals surface area contributed by atoms with Gasteiger partial charge in [0.15, 0.2) is 0 Å². The molecule has 0 amide bonds. The molecule has 1 atom stereocenters. The third-order valence-electron chi connectivity index (χ3n) is 2.78. The van der Waals surface area contributed by atoms with Crippen molar-refractivity contribution in [3.8, 4) is 0 Å². The largest absolute Gasteiger partial charge is 0.396 e. The Morgan fingerprint density at radius 1 is 1.22 bits per heavy atom. The van der Waals surface area contributed by atoms with Gasteiger partial charge in [0.25, 0.3) is 0 Å². The van der Waals surface area contributed by atoms with Crippen LogP contribution in [0.15, 0.2) is 29.2 Å². The summed E-state index contributed by atoms with van der Waals surface area (Å²) in [6.07, 6.45) is 1.54. The molecule has 0 aromatic heterocycles. The average molecular weight is 269 g/mol. The summed E-state index contributed by atoms with van der Waals surface area (Å²) < 4.78 is 0. The molecule has 1 unspecified atom stereocenters. The molecule has 0 aliphatic rings. The second-order valence-electron chi connectivity index (χ2n) is 4.17. The summed E-state index contributed by atoms with van der Waals surface area (Å²) >= 11 is 1.85. The van der Waals surface area contributed by atoms with Crippen LogP contribution < -0.4 is 5.32 Å². The summed E-state index contributed by atoms with van der Waals surface area (Å²) in [6.45, 7) is 3.16. The molecule has 0 fully saturated rings. The highest BCUT2D eigenvalue weighted by Crippen LogP contribution is 2.17. The van der Waals surface area contributed by atoms with Crippen LogP contribution in [0.25, 0.3) is 0 Å². The summed E-state index contributed by atoms with van der Waals surface area (Å²) in [5.41, 5.74) is 1.30. The molecule has 102 valence electrons. The molecular formula is C14H23NO2S. The fourth-order valence-electron chi connectivity index (χ4n) is 1.75. The van der Waals surface area contributed by atoms with E-state index in [4.69, 9.17) is 10.2 Å². The van der Waals surface area contributed by atoms with E-state index in [0.717, 1.165) is 18.7 Å². The van der Waals surface area contributed by atoms with Gasteiger partial charge in [0, 0.05) is 17.5 Å². The third kappa shape index (κ3) is 5.87. The molecule has 18 heavy (non-hydrogen) atoms. The summed E-state index contributed by atoms with van der Waals surface area (Å²) in [5.74, 6) is 1.10. The zero-order valence-corrected chi connectivity index (χ0v) is 11.7. The van der Waals surface area contributed by atoms with Crippen LogP contribution in [0.2, 0.25) is 0 Å². The van der Waals surface area contributed by atoms with E-state index in [1.54, 1.807) is 0 Å². The predicted octanol–water partition coefficient (Wildman–Crippen LogP) is 1.67. The Kier molecular flexibility index (Phi) is 8.09. The van der Waals surface area contributed by atoms with E-state index in [9.17, 15) is 0 Å². The first kappa shape index (κ1) is 15.5. The van der Waals surface area contributed by atoms with Crippen LogP contribution in [0.1, 0.15) is 18.9 Å². The smallest absolute Gasteiger partial charge is 0.0585 e. The molecule has 1 rings (SSSR count). The Morgan fingerprint density at radius 2 is 1.94 bits per heavy atom. The molecule has 0 aliphatic heterocycles. The van der Waals surface area contributed by atoms with E-state index in [-0.39, 0.29) is 19.3 Å². The Morgan fingerprint density at radius 3 is 2.50 bits per heavy atom. The first-order valence-electron chi connectivity index (χ1n) is 6.47. The van der Waals surface area contributed by atoms with Crippen LogP contribution in [0, 0.1) is 0 Å². The van der Waals surface area contributed by atoms with Gasteiger partial charge in [-0.3, -0.25) is 0 Å². The van der Waals surface area contributed by atoms with Gasteiger partial charge in [-0.2, -0.15) is 0 Å². The highest BCUT2D eigenvalue weighted by atomic mass is 32.2. The van der Waals surface area contributed by atoms with Crippen molar-refractivity contribution >= 4 is 11.8 Å². The van der Waals surface area contributed by atoms with E-state index in [0.29, 0.717) is 6.42 Å². The quantitative estimate of drug-likeness (QED) is 0.597. The molecule has 4 heteroatoms. The lowest BCUT2D eigenvalue weighted by atomic mass is 10.1. The minimum Gasteiger partial charge on any atom is -0.396 e. The van der Waals surface area contributed by atoms with Crippen molar-refractivity contribution in [1.29, 1.82) is 0 Å². The van der Waals surface area contributed by atoms with Gasteiger partial charge < -0.3 is 15.5 Å². The molecule has 0 saturated carbocycles. The first-order chi connectivity index (χ1) is 8.80. The molecule has 1 aromatic carbocycles. The predicted molar refractivity (Wildman–Crippen MR) is 77.1 cm³/mol. The molecule has 1 aromatic rings. The third-order valence-corrected chi connectivity index (χ3v) is 3.67. The highest BCUT2D eigenvalue weighted by molar-refractivity contribution is 7.99. The van der Waals surface area contributed by atoms with Gasteiger partial charge in [-0.15, -0.1) is 11.8 Å². The number of rotatable bonds is 9. The minimum absolute atomic E-state index is 0.00456. The number of aliphatic hydroxyl groups is 2. The van der Waals surface area contributed by atoms with Gasteiger partial charge in [0.2, 0.25) is 0 Å². The number of hydrogen-bond acceptors (Lipinski definition) is 4. The van der Waals surface area contributed by atoms with Crippen LogP contribution in [0.4, 0.5) is 0 Å². The van der Waals surface area contributed by atoms with Crippen LogP contribution in [-0.2, 0) is 6.42 Å². The molecule has 0 radical (unpaired) electrons. The first-order valence-corrected chi connectivity index (χ1v) is 7.45. The van der Waals surface area contributed by atoms with Crippen LogP contribution in [0.3, 0.4) is 0 Å². The van der Waals surface area contributed by atoms with E-state index in [1.807, 2.05) is 11.8 Å². The highest BCUT2D eigenvalue weighted by Gasteiger charge is 2.04. The molecular weight excluding hydrogens is 246 g/mol. The number of benzene rings is 1. The molecule has 3 N–H and O–H groups in total. The van der Waals surface area contributed by atoms with Gasteiger partial charge in [-0.25, -0.2) is 0 Å². The van der Waals surface area contributed by atoms with Gasteiger partial charge in [0.1, 0.15) is 0 Å². The monoisotopic (exact) mass is 269 g/mol. The zero-order chi connectivity index (χ0) is 13.2. The van der Waals surface area contributed by atoms with E-state index >= 15 is 0 Å². The van der Waals surface area contributed by atoms with Crippen molar-refractivity contribution in [3.05, 3.63) is 29.8 Å². The summed E-state index contributed by atoms with van der Waals surface area (Å²) in [6, 6.07) is 8.62. The minimum atomic E-state index is 0.00456. The Bertz CT molecular complexity index is 316. The van der Waals surface area contributed by atoms with Crippen molar-refractivity contribution in [1.82, 2.24) is 5.32 Å². The molecule has 0 saturated heterocycles. The van der Waals surface area contributed by atoms with Gasteiger partial charge >= 0.3 is 0 Å². The number of thioether (sulfide) groups is 1. The van der Waals surface area contributed by atoms with Crippen molar-refractivity contribution in [3.63, 3.8) is 0 Å². The van der Waals surface area contributed by atoms with Crippen LogP contribution in [-0.4, -0.2) is 41.8 Å². The maximum Gasteiger partial charge on any atom is 0.0585 e. The number of aliphatic hydroxyl groups excluding tert-OH is 2. The number of hydrogen-bond donors (Lipinski definition) is 3. The summed E-state index contributed by atoms with van der Waals surface area (Å²) in [5, 5.41) is 21.1. The van der Waals surface area contributed by atoms with Crippen molar-refractivity contribution in [2.24, 2.45) is 0 Å². The van der Waals surface area contributed by atoms with Crippen molar-refractivity contribution in [2.75, 3.05) is 25.5 Å². The Hall–Kier alpha value is -0.550. The maximum absolute atomic E-state index is 9.07. The fraction of sp³-hybridized carbons (Fsp3) is 0.571. The zero-order valence-electron chi connectivity index (χ0n) is 10.9. The van der Waals surface area contributed by atoms with Crippen molar-refractivity contribution < 1.29 is 10.2 Å². The lowest BCUT2D eigenvalue weighted by Crippen LogP contribution is -2.34. The SMILES string of the molecule is CCSc1ccc(CCNC(CO)CCO)cc1. The van der Waals surface area contributed by atoms with E-state index < -0.39 is 0 Å². The topological polar surface area (TPSA) is 52.5 Å². The second-order valence-corrected chi connectivity index (χ2v) is 5.51. The average Bonchev–Trinajstić information content (AvgIpc) is 2.40. The number of nitrogens with one attached hydrogen (secondary N) is 1. The van der Waals surface area contributed by atoms with Crippen LogP contribution in [0.5, 0.6) is 0 Å². The Balaban J connectivity index is 2.30. The van der Waals surface area contributed by atoms with Gasteiger partial charge in [-0.05, 0) is 42.8 Å². The molecule has 0 heterocycles. The summed E-state index contributed by atoms with van der Waals surface area (Å²) in [4.78, 5) is 1.31. The summed E-state index contributed by atoms with van der Waals surface area (Å²) in [7, 11) is 0. The van der Waals surface area contributed by atoms with Gasteiger partial charge in [-0.1, -0.05) is 19.1 Å². The lowest BCUT2D eigenvalue weighted by Gasteiger charge is -2.14. The van der Waals surface area contributed by atoms with E-state index in [2.05, 4.69) is 36.5 Å². The fourth-order valence-corrected chi connectivity index (χ4v) is 2.42. The van der Waals surface area contributed by atoms with E-state index in [1.165, 1.54) is 10.5 Å². The molecule has 3 nitrogen and oxygen atoms in total.